The number of carbonyl (C=O) groups is 1. The number of piperidine rings is 1. The molecular formula is C20H21N3OS. The van der Waals surface area contributed by atoms with Gasteiger partial charge >= 0.3 is 0 Å². The average Bonchev–Trinajstić information content (AvgIpc) is 3.09. The second kappa shape index (κ2) is 7.31. The summed E-state index contributed by atoms with van der Waals surface area (Å²) in [5.41, 5.74) is 2.97. The smallest absolute Gasteiger partial charge is 0.240 e. The number of carbonyl (C=O) groups excluding carboxylic acids is 1. The lowest BCUT2D eigenvalue weighted by molar-refractivity contribution is -0.131. The van der Waals surface area contributed by atoms with E-state index < -0.39 is 0 Å². The van der Waals surface area contributed by atoms with Gasteiger partial charge in [0.25, 0.3) is 0 Å². The first kappa shape index (κ1) is 16.2. The van der Waals surface area contributed by atoms with Crippen LogP contribution < -0.4 is 0 Å². The summed E-state index contributed by atoms with van der Waals surface area (Å²) in [5.74, 6) is 0.191. The molecule has 0 spiro atoms. The molecule has 4 rings (SSSR count). The van der Waals surface area contributed by atoms with Gasteiger partial charge in [-0.1, -0.05) is 54.2 Å². The summed E-state index contributed by atoms with van der Waals surface area (Å²) >= 11 is 1.51. The number of H-pyrrole nitrogens is 1. The fourth-order valence-corrected chi connectivity index (χ4v) is 4.35. The minimum absolute atomic E-state index is 0.191. The molecule has 1 aliphatic rings. The minimum Gasteiger partial charge on any atom is -0.341 e. The van der Waals surface area contributed by atoms with Crippen molar-refractivity contribution < 1.29 is 4.79 Å². The summed E-state index contributed by atoms with van der Waals surface area (Å²) in [6.07, 6.45) is 3.42. The van der Waals surface area contributed by atoms with Crippen molar-refractivity contribution in [3.05, 3.63) is 60.2 Å². The van der Waals surface area contributed by atoms with Crippen LogP contribution in [0, 0.1) is 0 Å². The fraction of sp³-hybridized carbons (Fsp3) is 0.300. The van der Waals surface area contributed by atoms with Crippen LogP contribution in [-0.4, -0.2) is 33.9 Å². The van der Waals surface area contributed by atoms with E-state index in [1.54, 1.807) is 0 Å². The Morgan fingerprint density at radius 1 is 1.00 bits per heavy atom. The summed E-state index contributed by atoms with van der Waals surface area (Å²) in [5, 5.41) is 0.528. The predicted octanol–water partition coefficient (Wildman–Crippen LogP) is 4.41. The molecule has 4 nitrogen and oxygen atoms in total. The first-order valence-electron chi connectivity index (χ1n) is 8.76. The van der Waals surface area contributed by atoms with Crippen molar-refractivity contribution in [1.29, 1.82) is 0 Å². The number of nitrogens with one attached hydrogen (secondary N) is 1. The third-order valence-corrected chi connectivity index (χ3v) is 5.72. The Kier molecular flexibility index (Phi) is 4.74. The van der Waals surface area contributed by atoms with Gasteiger partial charge in [-0.25, -0.2) is 4.98 Å². The van der Waals surface area contributed by atoms with E-state index in [1.807, 2.05) is 59.5 Å². The number of thioether (sulfide) groups is 1. The monoisotopic (exact) mass is 351 g/mol. The summed E-state index contributed by atoms with van der Waals surface area (Å²) < 4.78 is 0. The second-order valence-electron chi connectivity index (χ2n) is 6.35. The summed E-state index contributed by atoms with van der Waals surface area (Å²) in [4.78, 5) is 23.2. The molecule has 1 amide bonds. The molecule has 128 valence electrons. The molecule has 5 heteroatoms. The van der Waals surface area contributed by atoms with Crippen LogP contribution in [0.3, 0.4) is 0 Å². The van der Waals surface area contributed by atoms with Gasteiger partial charge in [0.15, 0.2) is 5.16 Å². The molecule has 2 aromatic carbocycles. The number of likely N-dealkylation sites (tertiary alicyclic amines) is 1. The van der Waals surface area contributed by atoms with E-state index in [-0.39, 0.29) is 11.2 Å². The number of aromatic nitrogens is 2. The third kappa shape index (κ3) is 3.56. The van der Waals surface area contributed by atoms with Crippen LogP contribution in [0.15, 0.2) is 59.8 Å². The number of hydrogen-bond donors (Lipinski definition) is 1. The quantitative estimate of drug-likeness (QED) is 0.708. The molecule has 3 aromatic rings. The van der Waals surface area contributed by atoms with Crippen LogP contribution in [0.2, 0.25) is 0 Å². The van der Waals surface area contributed by atoms with Crippen LogP contribution in [0.25, 0.3) is 11.0 Å². The average molecular weight is 351 g/mol. The maximum Gasteiger partial charge on any atom is 0.240 e. The number of amides is 1. The van der Waals surface area contributed by atoms with E-state index in [2.05, 4.69) is 9.97 Å². The lowest BCUT2D eigenvalue weighted by Crippen LogP contribution is -2.38. The van der Waals surface area contributed by atoms with E-state index >= 15 is 0 Å². The number of aromatic amines is 1. The zero-order chi connectivity index (χ0) is 17.1. The highest BCUT2D eigenvalue weighted by Gasteiger charge is 2.28. The van der Waals surface area contributed by atoms with E-state index in [0.29, 0.717) is 0 Å². The van der Waals surface area contributed by atoms with E-state index in [1.165, 1.54) is 18.2 Å². The SMILES string of the molecule is O=C([C@H](Sc1nc2ccccc2[nH]1)c1ccccc1)N1CCCCC1. The van der Waals surface area contributed by atoms with Gasteiger partial charge in [-0.05, 0) is 37.0 Å². The van der Waals surface area contributed by atoms with Crippen molar-refractivity contribution >= 4 is 28.7 Å². The van der Waals surface area contributed by atoms with Gasteiger partial charge in [0.2, 0.25) is 5.91 Å². The first-order valence-corrected chi connectivity index (χ1v) is 9.64. The number of rotatable bonds is 4. The molecular weight excluding hydrogens is 330 g/mol. The highest BCUT2D eigenvalue weighted by atomic mass is 32.2. The fourth-order valence-electron chi connectivity index (χ4n) is 3.27. The molecule has 0 unspecified atom stereocenters. The van der Waals surface area contributed by atoms with Crippen LogP contribution in [0.4, 0.5) is 0 Å². The molecule has 0 aliphatic carbocycles. The van der Waals surface area contributed by atoms with Crippen LogP contribution in [-0.2, 0) is 4.79 Å². The molecule has 1 aromatic heterocycles. The number of benzene rings is 2. The number of imidazole rings is 1. The van der Waals surface area contributed by atoms with Crippen molar-refractivity contribution in [3.8, 4) is 0 Å². The molecule has 1 N–H and O–H groups in total. The summed E-state index contributed by atoms with van der Waals surface area (Å²) in [6, 6.07) is 18.0. The van der Waals surface area contributed by atoms with Crippen molar-refractivity contribution in [3.63, 3.8) is 0 Å². The molecule has 0 saturated carbocycles. The summed E-state index contributed by atoms with van der Waals surface area (Å²) in [7, 11) is 0. The van der Waals surface area contributed by atoms with Gasteiger partial charge in [-0.2, -0.15) is 0 Å². The largest absolute Gasteiger partial charge is 0.341 e. The maximum atomic E-state index is 13.2. The lowest BCUT2D eigenvalue weighted by Gasteiger charge is -2.30. The van der Waals surface area contributed by atoms with Crippen LogP contribution >= 0.6 is 11.8 Å². The zero-order valence-electron chi connectivity index (χ0n) is 14.0. The van der Waals surface area contributed by atoms with Gasteiger partial charge < -0.3 is 9.88 Å². The first-order chi connectivity index (χ1) is 12.3. The minimum atomic E-state index is -0.264. The molecule has 25 heavy (non-hydrogen) atoms. The third-order valence-electron chi connectivity index (χ3n) is 4.59. The highest BCUT2D eigenvalue weighted by molar-refractivity contribution is 8.00. The Morgan fingerprint density at radius 3 is 2.48 bits per heavy atom. The molecule has 1 fully saturated rings. The van der Waals surface area contributed by atoms with Crippen molar-refractivity contribution in [2.45, 2.75) is 29.7 Å². The Labute approximate surface area is 151 Å². The zero-order valence-corrected chi connectivity index (χ0v) is 14.8. The standard InChI is InChI=1S/C20H21N3OS/c24-19(23-13-7-2-8-14-23)18(15-9-3-1-4-10-15)25-20-21-16-11-5-6-12-17(16)22-20/h1,3-6,9-12,18H,2,7-8,13-14H2,(H,21,22)/t18-/m1/s1. The molecule has 0 radical (unpaired) electrons. The number of fused-ring (bicyclic) bond motifs is 1. The van der Waals surface area contributed by atoms with Gasteiger partial charge in [-0.3, -0.25) is 4.79 Å². The van der Waals surface area contributed by atoms with Crippen molar-refractivity contribution in [1.82, 2.24) is 14.9 Å². The Hall–Kier alpha value is -2.27. The second-order valence-corrected chi connectivity index (χ2v) is 7.45. The van der Waals surface area contributed by atoms with Crippen LogP contribution in [0.5, 0.6) is 0 Å². The van der Waals surface area contributed by atoms with E-state index in [0.717, 1.165) is 47.7 Å². The molecule has 0 bridgehead atoms. The molecule has 2 heterocycles. The molecule has 1 atom stereocenters. The predicted molar refractivity (Wildman–Crippen MR) is 102 cm³/mol. The molecule has 1 aliphatic heterocycles. The maximum absolute atomic E-state index is 13.2. The van der Waals surface area contributed by atoms with Gasteiger partial charge in [0.05, 0.1) is 11.0 Å². The van der Waals surface area contributed by atoms with Crippen molar-refractivity contribution in [2.24, 2.45) is 0 Å². The molecule has 1 saturated heterocycles. The topological polar surface area (TPSA) is 49.0 Å². The van der Waals surface area contributed by atoms with Gasteiger partial charge in [0, 0.05) is 13.1 Å². The Bertz CT molecular complexity index is 823. The number of nitrogens with zero attached hydrogens (tertiary/aromatic N) is 2. The summed E-state index contributed by atoms with van der Waals surface area (Å²) in [6.45, 7) is 1.73. The van der Waals surface area contributed by atoms with E-state index in [9.17, 15) is 4.79 Å². The normalized spacial score (nSPS) is 16.1. The van der Waals surface area contributed by atoms with E-state index in [4.69, 9.17) is 0 Å². The van der Waals surface area contributed by atoms with Gasteiger partial charge in [-0.15, -0.1) is 0 Å². The van der Waals surface area contributed by atoms with Crippen molar-refractivity contribution in [2.75, 3.05) is 13.1 Å². The number of para-hydroxylation sites is 2. The number of hydrogen-bond acceptors (Lipinski definition) is 3. The highest BCUT2D eigenvalue weighted by Crippen LogP contribution is 2.36. The van der Waals surface area contributed by atoms with Crippen LogP contribution in [0.1, 0.15) is 30.1 Å². The Balaban J connectivity index is 1.63. The van der Waals surface area contributed by atoms with Gasteiger partial charge in [0.1, 0.15) is 5.25 Å². The lowest BCUT2D eigenvalue weighted by atomic mass is 10.1. The Morgan fingerprint density at radius 2 is 1.72 bits per heavy atom.